The Hall–Kier alpha value is -3.32. The number of ketones is 1. The fraction of sp³-hybridized carbons (Fsp3) is 0.321. The van der Waals surface area contributed by atoms with E-state index in [0.717, 1.165) is 36.2 Å². The Morgan fingerprint density at radius 1 is 1.17 bits per heavy atom. The fourth-order valence-electron chi connectivity index (χ4n) is 4.16. The second-order valence-electron chi connectivity index (χ2n) is 9.86. The van der Waals surface area contributed by atoms with Gasteiger partial charge in [0, 0.05) is 11.5 Å². The summed E-state index contributed by atoms with van der Waals surface area (Å²) in [5.74, 6) is -0.842. The third-order valence-corrected chi connectivity index (χ3v) is 7.14. The first-order valence-electron chi connectivity index (χ1n) is 11.7. The lowest BCUT2D eigenvalue weighted by atomic mass is 9.88. The number of hydrogen-bond acceptors (Lipinski definition) is 4. The summed E-state index contributed by atoms with van der Waals surface area (Å²) in [5, 5.41) is 3.08. The molecular weight excluding hydrogens is 463 g/mol. The molecule has 0 unspecified atom stereocenters. The number of aryl methyl sites for hydroxylation is 1. The van der Waals surface area contributed by atoms with Gasteiger partial charge in [0.25, 0.3) is 5.56 Å². The third-order valence-electron chi connectivity index (χ3n) is 6.08. The van der Waals surface area contributed by atoms with E-state index in [4.69, 9.17) is 0 Å². The maximum absolute atomic E-state index is 13.7. The molecule has 0 bridgehead atoms. The maximum atomic E-state index is 13.7. The van der Waals surface area contributed by atoms with Gasteiger partial charge in [-0.15, -0.1) is 11.3 Å². The number of carbonyl (C=O) groups excluding carboxylic acids is 2. The number of aromatic nitrogens is 1. The first-order chi connectivity index (χ1) is 16.6. The van der Waals surface area contributed by atoms with Crippen LogP contribution >= 0.6 is 11.3 Å². The Kier molecular flexibility index (Phi) is 7.17. The fourth-order valence-corrected chi connectivity index (χ4v) is 5.20. The van der Waals surface area contributed by atoms with Crippen LogP contribution in [-0.4, -0.2) is 16.3 Å². The van der Waals surface area contributed by atoms with E-state index in [1.807, 2.05) is 18.2 Å². The number of rotatable bonds is 5. The number of thiazole rings is 1. The molecule has 0 saturated carbocycles. The van der Waals surface area contributed by atoms with Crippen LogP contribution in [0.5, 0.6) is 0 Å². The van der Waals surface area contributed by atoms with E-state index in [2.05, 4.69) is 11.4 Å². The molecule has 1 aliphatic rings. The molecule has 0 radical (unpaired) electrons. The molecule has 4 rings (SSSR count). The molecule has 3 aromatic rings. The summed E-state index contributed by atoms with van der Waals surface area (Å²) in [5.41, 5.74) is 1.86. The Morgan fingerprint density at radius 2 is 1.94 bits per heavy atom. The van der Waals surface area contributed by atoms with Gasteiger partial charge in [-0.3, -0.25) is 19.0 Å². The normalized spacial score (nSPS) is 16.7. The van der Waals surface area contributed by atoms with E-state index in [-0.39, 0.29) is 29.8 Å². The molecule has 5 nitrogen and oxygen atoms in total. The highest BCUT2D eigenvalue weighted by Crippen LogP contribution is 2.29. The molecule has 1 N–H and O–H groups in total. The summed E-state index contributed by atoms with van der Waals surface area (Å²) >= 11 is 1.12. The number of benzene rings is 2. The maximum Gasteiger partial charge on any atom is 0.269 e. The number of carbonyl (C=O) groups is 2. The predicted molar refractivity (Wildman–Crippen MR) is 137 cm³/mol. The lowest BCUT2D eigenvalue weighted by Gasteiger charge is -2.26. The van der Waals surface area contributed by atoms with E-state index in [9.17, 15) is 18.8 Å². The largest absolute Gasteiger partial charge is 0.348 e. The molecule has 182 valence electrons. The second kappa shape index (κ2) is 10.1. The van der Waals surface area contributed by atoms with Gasteiger partial charge in [0.2, 0.25) is 5.91 Å². The number of fused-ring (bicyclic) bond motifs is 1. The second-order valence-corrected chi connectivity index (χ2v) is 10.9. The van der Waals surface area contributed by atoms with E-state index >= 15 is 0 Å². The minimum Gasteiger partial charge on any atom is -0.348 e. The van der Waals surface area contributed by atoms with Gasteiger partial charge in [-0.25, -0.2) is 4.39 Å². The van der Waals surface area contributed by atoms with Crippen LogP contribution in [0.15, 0.2) is 53.3 Å². The van der Waals surface area contributed by atoms with Gasteiger partial charge in [0.15, 0.2) is 5.78 Å². The molecular formula is C28H29FN2O3S. The molecule has 0 fully saturated rings. The van der Waals surface area contributed by atoms with E-state index in [0.29, 0.717) is 14.8 Å². The molecule has 2 aromatic carbocycles. The van der Waals surface area contributed by atoms with Crippen molar-refractivity contribution in [3.05, 3.63) is 90.6 Å². The number of nitrogens with one attached hydrogen (secondary N) is 1. The van der Waals surface area contributed by atoms with Crippen molar-refractivity contribution < 1.29 is 14.0 Å². The first-order valence-corrected chi connectivity index (χ1v) is 12.5. The summed E-state index contributed by atoms with van der Waals surface area (Å²) in [7, 11) is 0. The summed E-state index contributed by atoms with van der Waals surface area (Å²) < 4.78 is 15.7. The van der Waals surface area contributed by atoms with Crippen molar-refractivity contribution in [2.24, 2.45) is 5.41 Å². The smallest absolute Gasteiger partial charge is 0.269 e. The lowest BCUT2D eigenvalue weighted by Crippen LogP contribution is -2.40. The zero-order valence-corrected chi connectivity index (χ0v) is 21.0. The van der Waals surface area contributed by atoms with Gasteiger partial charge >= 0.3 is 0 Å². The zero-order valence-electron chi connectivity index (χ0n) is 20.1. The van der Waals surface area contributed by atoms with Crippen LogP contribution in [0.3, 0.4) is 0 Å². The first kappa shape index (κ1) is 24.8. The summed E-state index contributed by atoms with van der Waals surface area (Å²) in [4.78, 5) is 39.1. The van der Waals surface area contributed by atoms with Crippen molar-refractivity contribution in [2.75, 3.05) is 0 Å². The molecule has 0 saturated heterocycles. The summed E-state index contributed by atoms with van der Waals surface area (Å²) in [6.45, 7) is 5.20. The van der Waals surface area contributed by atoms with Crippen molar-refractivity contribution in [1.29, 1.82) is 0 Å². The third kappa shape index (κ3) is 5.85. The molecule has 7 heteroatoms. The molecule has 35 heavy (non-hydrogen) atoms. The van der Waals surface area contributed by atoms with Crippen molar-refractivity contribution in [2.45, 2.75) is 52.6 Å². The average Bonchev–Trinajstić information content (AvgIpc) is 3.07. The summed E-state index contributed by atoms with van der Waals surface area (Å²) in [6.07, 6.45) is 5.81. The average molecular weight is 493 g/mol. The van der Waals surface area contributed by atoms with Crippen LogP contribution in [-0.2, 0) is 22.6 Å². The molecule has 1 aromatic heterocycles. The van der Waals surface area contributed by atoms with Gasteiger partial charge in [-0.2, -0.15) is 0 Å². The standard InChI is InChI=1S/C28H29FN2O3S/c1-28(2,3)24(32)16-26-31(27(34)23(35-26)15-18-8-6-11-20(29)14-18)17-25(33)30-22-13-7-10-19-9-4-5-12-21(19)22/h4-6,8-9,11-12,14-16,22H,7,10,13,17H2,1-3H3,(H,30,33)/b23-15-,26-16-/t22-/m1/s1. The summed E-state index contributed by atoms with van der Waals surface area (Å²) in [6, 6.07) is 13.9. The minimum atomic E-state index is -0.634. The Morgan fingerprint density at radius 3 is 2.69 bits per heavy atom. The molecule has 1 amide bonds. The Balaban J connectivity index is 1.70. The van der Waals surface area contributed by atoms with Gasteiger partial charge < -0.3 is 5.32 Å². The van der Waals surface area contributed by atoms with Crippen molar-refractivity contribution in [1.82, 2.24) is 9.88 Å². The number of hydrogen-bond donors (Lipinski definition) is 1. The van der Waals surface area contributed by atoms with Crippen LogP contribution < -0.4 is 20.1 Å². The topological polar surface area (TPSA) is 68.2 Å². The van der Waals surface area contributed by atoms with E-state index in [1.54, 1.807) is 39.0 Å². The van der Waals surface area contributed by atoms with Crippen LogP contribution in [0, 0.1) is 11.2 Å². The van der Waals surface area contributed by atoms with Crippen LogP contribution in [0.25, 0.3) is 12.2 Å². The van der Waals surface area contributed by atoms with Gasteiger partial charge in [0.1, 0.15) is 17.0 Å². The van der Waals surface area contributed by atoms with Gasteiger partial charge in [-0.1, -0.05) is 57.2 Å². The molecule has 1 aliphatic carbocycles. The Bertz CT molecular complexity index is 1450. The number of Topliss-reactive ketones (excluding diaryl/α,β-unsaturated/α-hetero) is 1. The van der Waals surface area contributed by atoms with Gasteiger partial charge in [0.05, 0.1) is 10.6 Å². The van der Waals surface area contributed by atoms with Crippen molar-refractivity contribution in [3.8, 4) is 0 Å². The van der Waals surface area contributed by atoms with Crippen LogP contribution in [0.4, 0.5) is 4.39 Å². The highest BCUT2D eigenvalue weighted by atomic mass is 32.1. The van der Waals surface area contributed by atoms with E-state index in [1.165, 1.54) is 28.3 Å². The lowest BCUT2D eigenvalue weighted by molar-refractivity contribution is -0.123. The number of halogens is 1. The van der Waals surface area contributed by atoms with E-state index < -0.39 is 11.2 Å². The minimum absolute atomic E-state index is 0.108. The van der Waals surface area contributed by atoms with Crippen molar-refractivity contribution in [3.63, 3.8) is 0 Å². The highest BCUT2D eigenvalue weighted by molar-refractivity contribution is 7.07. The van der Waals surface area contributed by atoms with Gasteiger partial charge in [-0.05, 0) is 54.2 Å². The predicted octanol–water partition coefficient (Wildman–Crippen LogP) is 3.47. The zero-order chi connectivity index (χ0) is 25.2. The van der Waals surface area contributed by atoms with Crippen LogP contribution in [0.1, 0.15) is 56.3 Å². The number of amides is 1. The number of nitrogens with zero attached hydrogens (tertiary/aromatic N) is 1. The highest BCUT2D eigenvalue weighted by Gasteiger charge is 2.23. The van der Waals surface area contributed by atoms with Crippen molar-refractivity contribution >= 4 is 35.2 Å². The molecule has 0 aliphatic heterocycles. The molecule has 1 heterocycles. The SMILES string of the molecule is CC(C)(C)C(=O)/C=c1\s/c(=C\c2cccc(F)c2)c(=O)n1CC(=O)N[C@@H]1CCCc2ccccc21. The molecule has 1 atom stereocenters. The quantitative estimate of drug-likeness (QED) is 0.593. The molecule has 0 spiro atoms. The van der Waals surface area contributed by atoms with Crippen LogP contribution in [0.2, 0.25) is 0 Å². The monoisotopic (exact) mass is 492 g/mol. The Labute approximate surface area is 207 Å².